The van der Waals surface area contributed by atoms with Crippen molar-refractivity contribution in [3.63, 3.8) is 0 Å². The molecular weight excluding hydrogens is 302 g/mol. The van der Waals surface area contributed by atoms with Gasteiger partial charge in [-0.15, -0.1) is 10.2 Å². The lowest BCUT2D eigenvalue weighted by molar-refractivity contribution is 0.323. The van der Waals surface area contributed by atoms with Crippen LogP contribution in [0.1, 0.15) is 32.4 Å². The Bertz CT molecular complexity index is 802. The third-order valence-electron chi connectivity index (χ3n) is 3.02. The van der Waals surface area contributed by atoms with Crippen molar-refractivity contribution in [2.45, 2.75) is 40.2 Å². The fourth-order valence-corrected chi connectivity index (χ4v) is 1.90. The number of aromatic nitrogens is 3. The molecule has 0 aromatic carbocycles. The van der Waals surface area contributed by atoms with Gasteiger partial charge in [0.15, 0.2) is 0 Å². The van der Waals surface area contributed by atoms with Gasteiger partial charge in [0.1, 0.15) is 5.76 Å². The van der Waals surface area contributed by atoms with Crippen LogP contribution < -0.4 is 16.0 Å². The number of azo groups is 1. The fourth-order valence-electron chi connectivity index (χ4n) is 1.90. The number of H-pyrrole nitrogens is 1. The Morgan fingerprint density at radius 1 is 1.35 bits per heavy atom. The molecule has 0 aliphatic rings. The molecule has 0 unspecified atom stereocenters. The molecule has 0 saturated heterocycles. The van der Waals surface area contributed by atoms with Gasteiger partial charge in [-0.25, -0.2) is 4.79 Å². The summed E-state index contributed by atoms with van der Waals surface area (Å²) in [4.78, 5) is 27.0. The number of ether oxygens (including phenoxy) is 1. The van der Waals surface area contributed by atoms with Crippen LogP contribution in [-0.4, -0.2) is 21.3 Å². The number of aromatic amines is 1. The molecule has 0 atom stereocenters. The van der Waals surface area contributed by atoms with Crippen LogP contribution in [0, 0.1) is 6.92 Å². The van der Waals surface area contributed by atoms with E-state index in [1.165, 1.54) is 0 Å². The van der Waals surface area contributed by atoms with Crippen molar-refractivity contribution >= 4 is 11.5 Å². The highest BCUT2D eigenvalue weighted by atomic mass is 16.5. The van der Waals surface area contributed by atoms with E-state index in [0.29, 0.717) is 18.7 Å². The predicted octanol–water partition coefficient (Wildman–Crippen LogP) is 2.45. The number of rotatable bonds is 7. The molecule has 0 amide bonds. The zero-order valence-corrected chi connectivity index (χ0v) is 13.3. The largest absolute Gasteiger partial charge is 0.477 e. The second kappa shape index (κ2) is 7.52. The van der Waals surface area contributed by atoms with Gasteiger partial charge in [-0.05, 0) is 20.3 Å². The molecule has 2 aromatic heterocycles. The highest BCUT2D eigenvalue weighted by Crippen LogP contribution is 2.22. The first-order chi connectivity index (χ1) is 11.1. The van der Waals surface area contributed by atoms with Gasteiger partial charge in [0.2, 0.25) is 17.4 Å². The second-order valence-corrected chi connectivity index (χ2v) is 4.85. The van der Waals surface area contributed by atoms with Crippen molar-refractivity contribution < 1.29 is 9.26 Å². The van der Waals surface area contributed by atoms with Crippen LogP contribution in [0.5, 0.6) is 5.88 Å². The van der Waals surface area contributed by atoms with Gasteiger partial charge in [0.05, 0.1) is 6.61 Å². The van der Waals surface area contributed by atoms with Crippen molar-refractivity contribution in [3.05, 3.63) is 32.7 Å². The van der Waals surface area contributed by atoms with Crippen molar-refractivity contribution in [1.29, 1.82) is 0 Å². The molecule has 2 heterocycles. The van der Waals surface area contributed by atoms with Gasteiger partial charge < -0.3 is 9.26 Å². The molecular formula is C14H19N5O4. The maximum Gasteiger partial charge on any atom is 0.331 e. The number of nitrogens with one attached hydrogen (secondary N) is 1. The summed E-state index contributed by atoms with van der Waals surface area (Å²) in [6, 6.07) is 1.57. The number of nitrogens with zero attached hydrogens (tertiary/aromatic N) is 4. The predicted molar refractivity (Wildman–Crippen MR) is 82.8 cm³/mol. The van der Waals surface area contributed by atoms with Crippen LogP contribution in [0.15, 0.2) is 30.4 Å². The van der Waals surface area contributed by atoms with Gasteiger partial charge in [0, 0.05) is 12.6 Å². The first-order valence-electron chi connectivity index (χ1n) is 7.41. The van der Waals surface area contributed by atoms with Gasteiger partial charge in [-0.2, -0.15) is 0 Å². The highest BCUT2D eigenvalue weighted by molar-refractivity contribution is 5.44. The molecule has 0 saturated carbocycles. The lowest BCUT2D eigenvalue weighted by Crippen LogP contribution is -2.35. The van der Waals surface area contributed by atoms with Crippen molar-refractivity contribution in [3.8, 4) is 5.88 Å². The Morgan fingerprint density at radius 2 is 2.13 bits per heavy atom. The van der Waals surface area contributed by atoms with Gasteiger partial charge in [0.25, 0.3) is 5.56 Å². The topological polar surface area (TPSA) is 115 Å². The Hall–Kier alpha value is -2.71. The van der Waals surface area contributed by atoms with E-state index in [1.807, 2.05) is 6.92 Å². The molecule has 0 aliphatic heterocycles. The molecule has 23 heavy (non-hydrogen) atoms. The lowest BCUT2D eigenvalue weighted by Gasteiger charge is -2.08. The average Bonchev–Trinajstić information content (AvgIpc) is 2.92. The van der Waals surface area contributed by atoms with E-state index in [-0.39, 0.29) is 24.0 Å². The first kappa shape index (κ1) is 16.7. The standard InChI is InChI=1S/C14H19N5O4/c1-4-6-7-19-13(20)11(12(22-5-2)15-14(19)21)17-16-10-8-9(3)23-18-10/h8H,4-7H2,1-3H3,(H,15,21). The molecule has 0 bridgehead atoms. The summed E-state index contributed by atoms with van der Waals surface area (Å²) in [5.74, 6) is 0.806. The summed E-state index contributed by atoms with van der Waals surface area (Å²) >= 11 is 0. The van der Waals surface area contributed by atoms with E-state index in [9.17, 15) is 9.59 Å². The number of hydrogen-bond donors (Lipinski definition) is 1. The summed E-state index contributed by atoms with van der Waals surface area (Å²) in [5.41, 5.74) is -1.14. The minimum absolute atomic E-state index is 0.000727. The smallest absolute Gasteiger partial charge is 0.331 e. The minimum Gasteiger partial charge on any atom is -0.477 e. The van der Waals surface area contributed by atoms with E-state index >= 15 is 0 Å². The van der Waals surface area contributed by atoms with Gasteiger partial charge in [-0.1, -0.05) is 18.5 Å². The summed E-state index contributed by atoms with van der Waals surface area (Å²) in [6.07, 6.45) is 1.56. The summed E-state index contributed by atoms with van der Waals surface area (Å²) < 4.78 is 11.3. The van der Waals surface area contributed by atoms with Crippen molar-refractivity contribution in [2.24, 2.45) is 10.2 Å². The van der Waals surface area contributed by atoms with E-state index in [2.05, 4.69) is 20.4 Å². The summed E-state index contributed by atoms with van der Waals surface area (Å²) in [5, 5.41) is 11.4. The van der Waals surface area contributed by atoms with Crippen molar-refractivity contribution in [2.75, 3.05) is 6.61 Å². The minimum atomic E-state index is -0.547. The van der Waals surface area contributed by atoms with E-state index < -0.39 is 11.2 Å². The SMILES string of the molecule is CCCCn1c(=O)[nH]c(OCC)c(N=Nc2cc(C)on2)c1=O. The highest BCUT2D eigenvalue weighted by Gasteiger charge is 2.15. The zero-order valence-electron chi connectivity index (χ0n) is 13.3. The van der Waals surface area contributed by atoms with Crippen LogP contribution >= 0.6 is 0 Å². The maximum absolute atomic E-state index is 12.5. The van der Waals surface area contributed by atoms with Crippen LogP contribution in [0.2, 0.25) is 0 Å². The molecule has 0 fully saturated rings. The molecule has 2 aromatic rings. The third kappa shape index (κ3) is 3.93. The fraction of sp³-hybridized carbons (Fsp3) is 0.500. The number of unbranched alkanes of at least 4 members (excludes halogenated alkanes) is 1. The van der Waals surface area contributed by atoms with Crippen LogP contribution in [0.3, 0.4) is 0 Å². The Labute approximate surface area is 132 Å². The molecule has 0 radical (unpaired) electrons. The Morgan fingerprint density at radius 3 is 2.74 bits per heavy atom. The summed E-state index contributed by atoms with van der Waals surface area (Å²) in [6.45, 7) is 6.02. The number of hydrogen-bond acceptors (Lipinski definition) is 7. The first-order valence-corrected chi connectivity index (χ1v) is 7.41. The average molecular weight is 321 g/mol. The normalized spacial score (nSPS) is 11.3. The third-order valence-corrected chi connectivity index (χ3v) is 3.02. The zero-order chi connectivity index (χ0) is 16.8. The van der Waals surface area contributed by atoms with E-state index in [1.54, 1.807) is 19.9 Å². The van der Waals surface area contributed by atoms with Crippen molar-refractivity contribution in [1.82, 2.24) is 14.7 Å². The van der Waals surface area contributed by atoms with Crippen LogP contribution in [-0.2, 0) is 6.54 Å². The molecule has 0 aliphatic carbocycles. The van der Waals surface area contributed by atoms with Gasteiger partial charge >= 0.3 is 5.69 Å². The van der Waals surface area contributed by atoms with E-state index in [0.717, 1.165) is 11.0 Å². The molecule has 9 nitrogen and oxygen atoms in total. The summed E-state index contributed by atoms with van der Waals surface area (Å²) in [7, 11) is 0. The van der Waals surface area contributed by atoms with E-state index in [4.69, 9.17) is 9.26 Å². The Balaban J connectivity index is 2.47. The van der Waals surface area contributed by atoms with Crippen LogP contribution in [0.25, 0.3) is 0 Å². The van der Waals surface area contributed by atoms with Gasteiger partial charge in [-0.3, -0.25) is 14.3 Å². The molecule has 9 heteroatoms. The number of aryl methyl sites for hydroxylation is 1. The maximum atomic E-state index is 12.5. The molecule has 124 valence electrons. The lowest BCUT2D eigenvalue weighted by atomic mass is 10.3. The van der Waals surface area contributed by atoms with Crippen LogP contribution in [0.4, 0.5) is 11.5 Å². The quantitative estimate of drug-likeness (QED) is 0.786. The molecule has 2 rings (SSSR count). The second-order valence-electron chi connectivity index (χ2n) is 4.85. The monoisotopic (exact) mass is 321 g/mol. The molecule has 0 spiro atoms. The molecule has 1 N–H and O–H groups in total. The Kier molecular flexibility index (Phi) is 5.45.